The fourth-order valence-electron chi connectivity index (χ4n) is 4.94. The number of methoxy groups -OCH3 is 1. The maximum absolute atomic E-state index is 5.42. The third-order valence-corrected chi connectivity index (χ3v) is 6.54. The molecule has 0 aliphatic heterocycles. The third kappa shape index (κ3) is 3.42. The Kier molecular flexibility index (Phi) is 5.33. The molecule has 1 aliphatic carbocycles. The first-order valence-electron chi connectivity index (χ1n) is 11.5. The van der Waals surface area contributed by atoms with Crippen molar-refractivity contribution in [2.45, 2.75) is 46.6 Å². The lowest BCUT2D eigenvalue weighted by atomic mass is 10.0. The van der Waals surface area contributed by atoms with E-state index < -0.39 is 0 Å². The van der Waals surface area contributed by atoms with Gasteiger partial charge in [-0.15, -0.1) is 0 Å². The molecule has 2 heterocycles. The summed E-state index contributed by atoms with van der Waals surface area (Å²) in [7, 11) is 1.71. The van der Waals surface area contributed by atoms with Crippen LogP contribution in [0.2, 0.25) is 0 Å². The van der Waals surface area contributed by atoms with E-state index in [0.29, 0.717) is 0 Å². The van der Waals surface area contributed by atoms with Gasteiger partial charge in [-0.05, 0) is 68.9 Å². The van der Waals surface area contributed by atoms with Gasteiger partial charge in [0.15, 0.2) is 5.65 Å². The maximum Gasteiger partial charge on any atom is 0.165 e. The van der Waals surface area contributed by atoms with Crippen LogP contribution in [0.4, 0.5) is 5.82 Å². The first kappa shape index (κ1) is 20.6. The first-order chi connectivity index (χ1) is 15.6. The second-order valence-electron chi connectivity index (χ2n) is 8.59. The van der Waals surface area contributed by atoms with Crippen LogP contribution in [-0.2, 0) is 19.4 Å². The lowest BCUT2D eigenvalue weighted by Gasteiger charge is -2.26. The SMILES string of the molecule is CCN(Cc1ccccc1)c1c2c(nc3c(-c4ccc(OC)cc4C)c(C)nn13)CCC2. The molecule has 5 rings (SSSR count). The van der Waals surface area contributed by atoms with Crippen LogP contribution in [0.5, 0.6) is 5.75 Å². The molecular weight excluding hydrogens is 396 g/mol. The quantitative estimate of drug-likeness (QED) is 0.406. The number of rotatable bonds is 6. The Bertz CT molecular complexity index is 1280. The van der Waals surface area contributed by atoms with Crippen LogP contribution >= 0.6 is 0 Å². The predicted molar refractivity (Wildman–Crippen MR) is 130 cm³/mol. The van der Waals surface area contributed by atoms with Gasteiger partial charge < -0.3 is 9.64 Å². The number of aryl methyl sites for hydroxylation is 3. The van der Waals surface area contributed by atoms with Crippen molar-refractivity contribution >= 4 is 11.5 Å². The van der Waals surface area contributed by atoms with Gasteiger partial charge >= 0.3 is 0 Å². The summed E-state index contributed by atoms with van der Waals surface area (Å²) in [5, 5.41) is 5.04. The summed E-state index contributed by atoms with van der Waals surface area (Å²) in [5.74, 6) is 2.07. The molecule has 0 unspecified atom stereocenters. The molecule has 0 saturated carbocycles. The smallest absolute Gasteiger partial charge is 0.165 e. The summed E-state index contributed by atoms with van der Waals surface area (Å²) < 4.78 is 7.53. The molecule has 32 heavy (non-hydrogen) atoms. The summed E-state index contributed by atoms with van der Waals surface area (Å²) in [6.07, 6.45) is 3.25. The minimum atomic E-state index is 0.860. The highest BCUT2D eigenvalue weighted by molar-refractivity contribution is 5.83. The van der Waals surface area contributed by atoms with Crippen molar-refractivity contribution in [1.29, 1.82) is 0 Å². The Hall–Kier alpha value is -3.34. The third-order valence-electron chi connectivity index (χ3n) is 6.54. The summed E-state index contributed by atoms with van der Waals surface area (Å²) in [6.45, 7) is 8.22. The Morgan fingerprint density at radius 2 is 1.88 bits per heavy atom. The molecule has 0 saturated heterocycles. The van der Waals surface area contributed by atoms with Crippen molar-refractivity contribution in [1.82, 2.24) is 14.6 Å². The zero-order valence-corrected chi connectivity index (χ0v) is 19.4. The van der Waals surface area contributed by atoms with Gasteiger partial charge in [-0.25, -0.2) is 4.98 Å². The van der Waals surface area contributed by atoms with E-state index in [1.54, 1.807) is 7.11 Å². The molecule has 0 fully saturated rings. The summed E-state index contributed by atoms with van der Waals surface area (Å²) in [5.41, 5.74) is 9.31. The Labute approximate surface area is 189 Å². The minimum Gasteiger partial charge on any atom is -0.497 e. The molecule has 5 nitrogen and oxygen atoms in total. The number of ether oxygens (including phenoxy) is 1. The highest BCUT2D eigenvalue weighted by atomic mass is 16.5. The van der Waals surface area contributed by atoms with Gasteiger partial charge in [-0.2, -0.15) is 9.61 Å². The average Bonchev–Trinajstić information content (AvgIpc) is 3.40. The fraction of sp³-hybridized carbons (Fsp3) is 0.333. The summed E-state index contributed by atoms with van der Waals surface area (Å²) in [6, 6.07) is 16.9. The molecule has 0 spiro atoms. The summed E-state index contributed by atoms with van der Waals surface area (Å²) in [4.78, 5) is 7.61. The molecule has 2 aromatic heterocycles. The molecule has 2 aromatic carbocycles. The number of hydrogen-bond acceptors (Lipinski definition) is 4. The second kappa shape index (κ2) is 8.30. The van der Waals surface area contributed by atoms with E-state index in [2.05, 4.69) is 72.7 Å². The van der Waals surface area contributed by atoms with Gasteiger partial charge in [-0.1, -0.05) is 36.4 Å². The van der Waals surface area contributed by atoms with E-state index in [-0.39, 0.29) is 0 Å². The van der Waals surface area contributed by atoms with Gasteiger partial charge in [0.1, 0.15) is 11.6 Å². The minimum absolute atomic E-state index is 0.860. The van der Waals surface area contributed by atoms with Crippen molar-refractivity contribution in [2.24, 2.45) is 0 Å². The van der Waals surface area contributed by atoms with Crippen LogP contribution in [0.15, 0.2) is 48.5 Å². The maximum atomic E-state index is 5.42. The normalized spacial score (nSPS) is 12.9. The van der Waals surface area contributed by atoms with Gasteiger partial charge in [0.25, 0.3) is 0 Å². The lowest BCUT2D eigenvalue weighted by molar-refractivity contribution is 0.414. The van der Waals surface area contributed by atoms with E-state index in [9.17, 15) is 0 Å². The van der Waals surface area contributed by atoms with Crippen LogP contribution in [0.1, 0.15) is 41.4 Å². The van der Waals surface area contributed by atoms with Gasteiger partial charge in [-0.3, -0.25) is 0 Å². The zero-order valence-electron chi connectivity index (χ0n) is 19.4. The Balaban J connectivity index is 1.71. The predicted octanol–water partition coefficient (Wildman–Crippen LogP) is 5.54. The van der Waals surface area contributed by atoms with E-state index in [4.69, 9.17) is 14.8 Å². The molecule has 0 radical (unpaired) electrons. The standard InChI is InChI=1S/C27H30N4O/c1-5-30(17-20-10-7-6-8-11-20)27-23-12-9-13-24(23)28-26-25(19(3)29-31(26)27)22-15-14-21(32-4)16-18(22)2/h6-8,10-11,14-16H,5,9,12-13,17H2,1-4H3. The molecule has 0 amide bonds. The molecule has 4 aromatic rings. The van der Waals surface area contributed by atoms with Crippen molar-refractivity contribution in [3.05, 3.63) is 76.6 Å². The number of hydrogen-bond donors (Lipinski definition) is 0. The monoisotopic (exact) mass is 426 g/mol. The van der Waals surface area contributed by atoms with Crippen molar-refractivity contribution in [3.8, 4) is 16.9 Å². The molecule has 0 atom stereocenters. The molecule has 1 aliphatic rings. The lowest BCUT2D eigenvalue weighted by Crippen LogP contribution is -2.26. The van der Waals surface area contributed by atoms with Crippen LogP contribution < -0.4 is 9.64 Å². The molecular formula is C27H30N4O. The second-order valence-corrected chi connectivity index (χ2v) is 8.59. The van der Waals surface area contributed by atoms with E-state index in [1.807, 2.05) is 6.07 Å². The average molecular weight is 427 g/mol. The first-order valence-corrected chi connectivity index (χ1v) is 11.5. The number of nitrogens with zero attached hydrogens (tertiary/aromatic N) is 4. The van der Waals surface area contributed by atoms with Crippen molar-refractivity contribution in [2.75, 3.05) is 18.6 Å². The highest BCUT2D eigenvalue weighted by Crippen LogP contribution is 2.38. The summed E-state index contributed by atoms with van der Waals surface area (Å²) >= 11 is 0. The fourth-order valence-corrected chi connectivity index (χ4v) is 4.94. The number of benzene rings is 2. The molecule has 164 valence electrons. The number of fused-ring (bicyclic) bond motifs is 2. The van der Waals surface area contributed by atoms with Gasteiger partial charge in [0.2, 0.25) is 0 Å². The van der Waals surface area contributed by atoms with Crippen LogP contribution in [0, 0.1) is 13.8 Å². The molecule has 0 bridgehead atoms. The van der Waals surface area contributed by atoms with Crippen LogP contribution in [0.3, 0.4) is 0 Å². The van der Waals surface area contributed by atoms with Crippen LogP contribution in [0.25, 0.3) is 16.8 Å². The topological polar surface area (TPSA) is 42.7 Å². The Morgan fingerprint density at radius 3 is 2.59 bits per heavy atom. The van der Waals surface area contributed by atoms with E-state index >= 15 is 0 Å². The van der Waals surface area contributed by atoms with E-state index in [0.717, 1.165) is 55.0 Å². The number of aromatic nitrogens is 3. The molecule has 0 N–H and O–H groups in total. The zero-order chi connectivity index (χ0) is 22.2. The number of anilines is 1. The van der Waals surface area contributed by atoms with Crippen molar-refractivity contribution in [3.63, 3.8) is 0 Å². The van der Waals surface area contributed by atoms with Crippen LogP contribution in [-0.4, -0.2) is 28.3 Å². The van der Waals surface area contributed by atoms with Gasteiger partial charge in [0.05, 0.1) is 12.8 Å². The van der Waals surface area contributed by atoms with E-state index in [1.165, 1.54) is 33.8 Å². The molecule has 5 heteroatoms. The Morgan fingerprint density at radius 1 is 1.06 bits per heavy atom. The largest absolute Gasteiger partial charge is 0.497 e. The highest BCUT2D eigenvalue weighted by Gasteiger charge is 2.27. The van der Waals surface area contributed by atoms with Crippen molar-refractivity contribution < 1.29 is 4.74 Å². The van der Waals surface area contributed by atoms with Gasteiger partial charge in [0, 0.05) is 29.9 Å².